The van der Waals surface area contributed by atoms with E-state index in [0.717, 1.165) is 25.7 Å². The maximum Gasteiger partial charge on any atom is 0.315 e. The monoisotopic (exact) mass is 270 g/mol. The number of hydrogen-bond acceptors (Lipinski definition) is 2. The highest BCUT2D eigenvalue weighted by molar-refractivity contribution is 5.76. The molecule has 0 bridgehead atoms. The van der Waals surface area contributed by atoms with Crippen LogP contribution in [0.3, 0.4) is 0 Å². The molecule has 5 heteroatoms. The predicted molar refractivity (Wildman–Crippen MR) is 74.0 cm³/mol. The second kappa shape index (κ2) is 6.78. The molecule has 110 valence electrons. The molecule has 0 radical (unpaired) electrons. The Morgan fingerprint density at radius 1 is 1.26 bits per heavy atom. The Kier molecular flexibility index (Phi) is 5.63. The Bertz CT molecular complexity index is 329. The minimum absolute atomic E-state index is 0.0656. The summed E-state index contributed by atoms with van der Waals surface area (Å²) in [6, 6.07) is -0.490. The normalized spacial score (nSPS) is 23.7. The van der Waals surface area contributed by atoms with Gasteiger partial charge in [0, 0.05) is 12.6 Å². The van der Waals surface area contributed by atoms with Crippen molar-refractivity contribution in [2.24, 2.45) is 11.3 Å². The first-order valence-electron chi connectivity index (χ1n) is 7.13. The van der Waals surface area contributed by atoms with Gasteiger partial charge in [-0.05, 0) is 24.7 Å². The van der Waals surface area contributed by atoms with Crippen molar-refractivity contribution in [1.82, 2.24) is 10.6 Å². The van der Waals surface area contributed by atoms with Gasteiger partial charge in [0.05, 0.1) is 5.92 Å². The fraction of sp³-hybridized carbons (Fsp3) is 0.857. The van der Waals surface area contributed by atoms with Gasteiger partial charge in [0.25, 0.3) is 0 Å². The first kappa shape index (κ1) is 15.8. The fourth-order valence-electron chi connectivity index (χ4n) is 2.26. The molecule has 2 amide bonds. The van der Waals surface area contributed by atoms with Gasteiger partial charge in [-0.15, -0.1) is 0 Å². The molecule has 1 saturated carbocycles. The molecule has 0 heterocycles. The first-order chi connectivity index (χ1) is 8.85. The largest absolute Gasteiger partial charge is 0.481 e. The number of amides is 2. The SMILES string of the molecule is CCC(C)(C)CNC(=O)NC1CCCCC1C(=O)O. The molecule has 0 spiro atoms. The first-order valence-corrected chi connectivity index (χ1v) is 7.13. The van der Waals surface area contributed by atoms with Crippen LogP contribution in [0.5, 0.6) is 0 Å². The van der Waals surface area contributed by atoms with Crippen molar-refractivity contribution >= 4 is 12.0 Å². The molecule has 5 nitrogen and oxygen atoms in total. The molecule has 0 saturated heterocycles. The Labute approximate surface area is 115 Å². The Balaban J connectivity index is 2.44. The lowest BCUT2D eigenvalue weighted by Crippen LogP contribution is -2.50. The summed E-state index contributed by atoms with van der Waals surface area (Å²) < 4.78 is 0. The van der Waals surface area contributed by atoms with Gasteiger partial charge in [0.15, 0.2) is 0 Å². The minimum Gasteiger partial charge on any atom is -0.481 e. The summed E-state index contributed by atoms with van der Waals surface area (Å²) >= 11 is 0. The van der Waals surface area contributed by atoms with Crippen LogP contribution in [0.4, 0.5) is 4.79 Å². The number of aliphatic carboxylic acids is 1. The molecule has 2 unspecified atom stereocenters. The molecular weight excluding hydrogens is 244 g/mol. The van der Waals surface area contributed by atoms with E-state index in [4.69, 9.17) is 5.11 Å². The van der Waals surface area contributed by atoms with Crippen LogP contribution in [0.25, 0.3) is 0 Å². The number of rotatable bonds is 5. The molecule has 0 aliphatic heterocycles. The lowest BCUT2D eigenvalue weighted by molar-refractivity contribution is -0.143. The van der Waals surface area contributed by atoms with Crippen LogP contribution >= 0.6 is 0 Å². The zero-order chi connectivity index (χ0) is 14.5. The van der Waals surface area contributed by atoms with Crippen molar-refractivity contribution in [3.05, 3.63) is 0 Å². The van der Waals surface area contributed by atoms with Gasteiger partial charge < -0.3 is 15.7 Å². The van der Waals surface area contributed by atoms with Gasteiger partial charge >= 0.3 is 12.0 Å². The van der Waals surface area contributed by atoms with Crippen molar-refractivity contribution in [2.75, 3.05) is 6.54 Å². The smallest absolute Gasteiger partial charge is 0.315 e. The number of carboxylic acids is 1. The van der Waals surface area contributed by atoms with E-state index in [0.29, 0.717) is 13.0 Å². The third-order valence-corrected chi connectivity index (χ3v) is 4.08. The number of carboxylic acid groups (broad SMARTS) is 1. The van der Waals surface area contributed by atoms with E-state index in [1.807, 2.05) is 0 Å². The Morgan fingerprint density at radius 2 is 1.89 bits per heavy atom. The predicted octanol–water partition coefficient (Wildman–Crippen LogP) is 2.37. The number of hydrogen-bond donors (Lipinski definition) is 3. The molecule has 3 N–H and O–H groups in total. The van der Waals surface area contributed by atoms with Crippen molar-refractivity contribution < 1.29 is 14.7 Å². The van der Waals surface area contributed by atoms with Gasteiger partial charge in [0.1, 0.15) is 0 Å². The molecule has 19 heavy (non-hydrogen) atoms. The lowest BCUT2D eigenvalue weighted by atomic mass is 9.84. The summed E-state index contributed by atoms with van der Waals surface area (Å²) in [5, 5.41) is 14.8. The molecule has 2 atom stereocenters. The molecule has 0 aromatic carbocycles. The van der Waals surface area contributed by atoms with Gasteiger partial charge in [-0.25, -0.2) is 4.79 Å². The van der Waals surface area contributed by atoms with Crippen molar-refractivity contribution in [2.45, 2.75) is 58.9 Å². The summed E-state index contributed by atoms with van der Waals surface area (Å²) in [5.74, 6) is -1.25. The highest BCUT2D eigenvalue weighted by Gasteiger charge is 2.31. The molecule has 0 aromatic rings. The van der Waals surface area contributed by atoms with Crippen molar-refractivity contribution in [3.63, 3.8) is 0 Å². The minimum atomic E-state index is -0.807. The van der Waals surface area contributed by atoms with E-state index in [9.17, 15) is 9.59 Å². The van der Waals surface area contributed by atoms with Gasteiger partial charge in [0.2, 0.25) is 0 Å². The maximum absolute atomic E-state index is 11.8. The van der Waals surface area contributed by atoms with Crippen molar-refractivity contribution in [3.8, 4) is 0 Å². The summed E-state index contributed by atoms with van der Waals surface area (Å²) in [6.07, 6.45) is 4.30. The van der Waals surface area contributed by atoms with Crippen LogP contribution in [-0.4, -0.2) is 29.7 Å². The molecule has 0 aromatic heterocycles. The molecule has 1 rings (SSSR count). The molecule has 1 aliphatic rings. The number of carbonyl (C=O) groups excluding carboxylic acids is 1. The zero-order valence-electron chi connectivity index (χ0n) is 12.2. The third-order valence-electron chi connectivity index (χ3n) is 4.08. The van der Waals surface area contributed by atoms with E-state index < -0.39 is 11.9 Å². The van der Waals surface area contributed by atoms with E-state index in [2.05, 4.69) is 31.4 Å². The van der Waals surface area contributed by atoms with Crippen LogP contribution in [0, 0.1) is 11.3 Å². The van der Waals surface area contributed by atoms with Crippen LogP contribution in [0.15, 0.2) is 0 Å². The van der Waals surface area contributed by atoms with Crippen LogP contribution < -0.4 is 10.6 Å². The second-order valence-corrected chi connectivity index (χ2v) is 6.18. The lowest BCUT2D eigenvalue weighted by Gasteiger charge is -2.30. The molecule has 1 aliphatic carbocycles. The third kappa shape index (κ3) is 5.09. The molecule has 1 fully saturated rings. The van der Waals surface area contributed by atoms with Crippen LogP contribution in [-0.2, 0) is 4.79 Å². The van der Waals surface area contributed by atoms with E-state index in [1.54, 1.807) is 0 Å². The fourth-order valence-corrected chi connectivity index (χ4v) is 2.26. The molecular formula is C14H26N2O3. The standard InChI is InChI=1S/C14H26N2O3/c1-4-14(2,3)9-15-13(19)16-11-8-6-5-7-10(11)12(17)18/h10-11H,4-9H2,1-3H3,(H,17,18)(H2,15,16,19). The maximum atomic E-state index is 11.8. The number of carbonyl (C=O) groups is 2. The van der Waals surface area contributed by atoms with E-state index in [-0.39, 0.29) is 17.5 Å². The van der Waals surface area contributed by atoms with Crippen molar-refractivity contribution in [1.29, 1.82) is 0 Å². The summed E-state index contributed by atoms with van der Waals surface area (Å²) in [5.41, 5.74) is 0.0656. The van der Waals surface area contributed by atoms with E-state index in [1.165, 1.54) is 0 Å². The Hall–Kier alpha value is -1.26. The van der Waals surface area contributed by atoms with E-state index >= 15 is 0 Å². The summed E-state index contributed by atoms with van der Waals surface area (Å²) in [7, 11) is 0. The second-order valence-electron chi connectivity index (χ2n) is 6.18. The quantitative estimate of drug-likeness (QED) is 0.717. The number of nitrogens with one attached hydrogen (secondary N) is 2. The average molecular weight is 270 g/mol. The average Bonchev–Trinajstić information content (AvgIpc) is 2.37. The Morgan fingerprint density at radius 3 is 2.47 bits per heavy atom. The van der Waals surface area contributed by atoms with Gasteiger partial charge in [-0.3, -0.25) is 4.79 Å². The highest BCUT2D eigenvalue weighted by atomic mass is 16.4. The number of urea groups is 1. The van der Waals surface area contributed by atoms with Gasteiger partial charge in [-0.1, -0.05) is 33.6 Å². The summed E-state index contributed by atoms with van der Waals surface area (Å²) in [6.45, 7) is 6.86. The van der Waals surface area contributed by atoms with Crippen LogP contribution in [0.1, 0.15) is 52.9 Å². The van der Waals surface area contributed by atoms with Gasteiger partial charge in [-0.2, -0.15) is 0 Å². The van der Waals surface area contributed by atoms with Crippen LogP contribution in [0.2, 0.25) is 0 Å². The highest BCUT2D eigenvalue weighted by Crippen LogP contribution is 2.24. The zero-order valence-corrected chi connectivity index (χ0v) is 12.2. The topological polar surface area (TPSA) is 78.4 Å². The summed E-state index contributed by atoms with van der Waals surface area (Å²) in [4.78, 5) is 23.0.